The SMILES string of the molecule is CCOc1cc(C)c(Cl)cc1/C(C)=C/CC(=O)O. The van der Waals surface area contributed by atoms with E-state index in [-0.39, 0.29) is 6.42 Å². The number of ether oxygens (including phenoxy) is 1. The van der Waals surface area contributed by atoms with E-state index in [1.807, 2.05) is 32.9 Å². The molecule has 18 heavy (non-hydrogen) atoms. The van der Waals surface area contributed by atoms with E-state index >= 15 is 0 Å². The maximum Gasteiger partial charge on any atom is 0.307 e. The predicted molar refractivity (Wildman–Crippen MR) is 73.3 cm³/mol. The first-order chi connectivity index (χ1) is 8.45. The molecule has 0 amide bonds. The average Bonchev–Trinajstić information content (AvgIpc) is 2.30. The van der Waals surface area contributed by atoms with Crippen molar-refractivity contribution < 1.29 is 14.6 Å². The maximum absolute atomic E-state index is 10.6. The van der Waals surface area contributed by atoms with Gasteiger partial charge in [-0.05, 0) is 44.0 Å². The van der Waals surface area contributed by atoms with Gasteiger partial charge in [-0.2, -0.15) is 0 Å². The number of carboxylic acids is 1. The van der Waals surface area contributed by atoms with E-state index in [2.05, 4.69) is 0 Å². The molecule has 1 aromatic rings. The van der Waals surface area contributed by atoms with Crippen LogP contribution in [-0.4, -0.2) is 17.7 Å². The van der Waals surface area contributed by atoms with Gasteiger partial charge in [-0.25, -0.2) is 0 Å². The third-order valence-electron chi connectivity index (χ3n) is 2.57. The molecule has 0 atom stereocenters. The molecule has 0 radical (unpaired) electrons. The molecule has 0 saturated carbocycles. The molecule has 0 heterocycles. The fourth-order valence-electron chi connectivity index (χ4n) is 1.59. The van der Waals surface area contributed by atoms with Crippen LogP contribution in [0.15, 0.2) is 18.2 Å². The smallest absolute Gasteiger partial charge is 0.307 e. The maximum atomic E-state index is 10.6. The number of benzene rings is 1. The highest BCUT2D eigenvalue weighted by atomic mass is 35.5. The lowest BCUT2D eigenvalue weighted by atomic mass is 10.0. The Morgan fingerprint density at radius 2 is 2.17 bits per heavy atom. The van der Waals surface area contributed by atoms with Gasteiger partial charge in [0.15, 0.2) is 0 Å². The van der Waals surface area contributed by atoms with Crippen LogP contribution in [0.3, 0.4) is 0 Å². The van der Waals surface area contributed by atoms with Crippen molar-refractivity contribution in [1.82, 2.24) is 0 Å². The molecule has 0 aliphatic heterocycles. The van der Waals surface area contributed by atoms with Gasteiger partial charge < -0.3 is 9.84 Å². The first-order valence-electron chi connectivity index (χ1n) is 5.77. The van der Waals surface area contributed by atoms with Crippen LogP contribution in [-0.2, 0) is 4.79 Å². The lowest BCUT2D eigenvalue weighted by molar-refractivity contribution is -0.135. The zero-order chi connectivity index (χ0) is 13.7. The Bertz CT molecular complexity index is 478. The van der Waals surface area contributed by atoms with E-state index in [1.54, 1.807) is 6.08 Å². The lowest BCUT2D eigenvalue weighted by Gasteiger charge is -2.13. The van der Waals surface area contributed by atoms with Crippen molar-refractivity contribution in [2.45, 2.75) is 27.2 Å². The number of rotatable bonds is 5. The van der Waals surface area contributed by atoms with E-state index in [0.717, 1.165) is 22.4 Å². The van der Waals surface area contributed by atoms with Crippen molar-refractivity contribution in [2.24, 2.45) is 0 Å². The molecule has 0 fully saturated rings. The fourth-order valence-corrected chi connectivity index (χ4v) is 1.75. The van der Waals surface area contributed by atoms with Crippen LogP contribution >= 0.6 is 11.6 Å². The summed E-state index contributed by atoms with van der Waals surface area (Å²) in [6, 6.07) is 3.69. The van der Waals surface area contributed by atoms with Crippen LogP contribution < -0.4 is 4.74 Å². The Morgan fingerprint density at radius 3 is 2.72 bits per heavy atom. The van der Waals surface area contributed by atoms with Gasteiger partial charge in [0, 0.05) is 10.6 Å². The second kappa shape index (κ2) is 6.45. The minimum Gasteiger partial charge on any atom is -0.493 e. The third kappa shape index (κ3) is 3.77. The Hall–Kier alpha value is -1.48. The highest BCUT2D eigenvalue weighted by Gasteiger charge is 2.09. The van der Waals surface area contributed by atoms with Crippen molar-refractivity contribution in [3.63, 3.8) is 0 Å². The number of aryl methyl sites for hydroxylation is 1. The molecule has 1 aromatic carbocycles. The van der Waals surface area contributed by atoms with Gasteiger partial charge in [0.1, 0.15) is 5.75 Å². The molecule has 1 rings (SSSR count). The van der Waals surface area contributed by atoms with Crippen LogP contribution in [0, 0.1) is 6.92 Å². The summed E-state index contributed by atoms with van der Waals surface area (Å²) >= 11 is 6.09. The summed E-state index contributed by atoms with van der Waals surface area (Å²) in [5, 5.41) is 9.33. The monoisotopic (exact) mass is 268 g/mol. The fraction of sp³-hybridized carbons (Fsp3) is 0.357. The molecule has 0 spiro atoms. The number of halogens is 1. The summed E-state index contributed by atoms with van der Waals surface area (Å²) in [6.45, 7) is 6.22. The summed E-state index contributed by atoms with van der Waals surface area (Å²) < 4.78 is 5.55. The van der Waals surface area contributed by atoms with Crippen LogP contribution in [0.4, 0.5) is 0 Å². The topological polar surface area (TPSA) is 46.5 Å². The average molecular weight is 269 g/mol. The lowest BCUT2D eigenvalue weighted by Crippen LogP contribution is -1.97. The summed E-state index contributed by atoms with van der Waals surface area (Å²) in [5.41, 5.74) is 2.63. The van der Waals surface area contributed by atoms with Crippen molar-refractivity contribution in [2.75, 3.05) is 6.61 Å². The Morgan fingerprint density at radius 1 is 1.50 bits per heavy atom. The molecular weight excluding hydrogens is 252 g/mol. The number of hydrogen-bond donors (Lipinski definition) is 1. The number of allylic oxidation sites excluding steroid dienone is 1. The van der Waals surface area contributed by atoms with Gasteiger partial charge in [-0.15, -0.1) is 0 Å². The standard InChI is InChI=1S/C14H17ClO3/c1-4-18-13-7-10(3)12(15)8-11(13)9(2)5-6-14(16)17/h5,7-8H,4,6H2,1-3H3,(H,16,17)/b9-5+. The molecule has 0 bridgehead atoms. The third-order valence-corrected chi connectivity index (χ3v) is 2.98. The molecule has 0 unspecified atom stereocenters. The van der Waals surface area contributed by atoms with Gasteiger partial charge in [0.25, 0.3) is 0 Å². The second-order valence-corrected chi connectivity index (χ2v) is 4.42. The van der Waals surface area contributed by atoms with Crippen molar-refractivity contribution in [1.29, 1.82) is 0 Å². The van der Waals surface area contributed by atoms with Crippen LogP contribution in [0.5, 0.6) is 5.75 Å². The zero-order valence-corrected chi connectivity index (χ0v) is 11.5. The predicted octanol–water partition coefficient (Wildman–Crippen LogP) is 3.93. The quantitative estimate of drug-likeness (QED) is 0.880. The van der Waals surface area contributed by atoms with Gasteiger partial charge >= 0.3 is 5.97 Å². The molecule has 0 aliphatic carbocycles. The molecule has 4 heteroatoms. The van der Waals surface area contributed by atoms with Crippen molar-refractivity contribution in [3.05, 3.63) is 34.4 Å². The van der Waals surface area contributed by atoms with Crippen LogP contribution in [0.1, 0.15) is 31.4 Å². The summed E-state index contributed by atoms with van der Waals surface area (Å²) in [4.78, 5) is 10.6. The highest BCUT2D eigenvalue weighted by molar-refractivity contribution is 6.31. The minimum atomic E-state index is -0.856. The number of hydrogen-bond acceptors (Lipinski definition) is 2. The highest BCUT2D eigenvalue weighted by Crippen LogP contribution is 2.31. The number of carbonyl (C=O) groups is 1. The van der Waals surface area contributed by atoms with E-state index in [0.29, 0.717) is 11.6 Å². The summed E-state index contributed by atoms with van der Waals surface area (Å²) in [7, 11) is 0. The van der Waals surface area contributed by atoms with Crippen molar-refractivity contribution >= 4 is 23.1 Å². The Labute approximate surface area is 112 Å². The van der Waals surface area contributed by atoms with Gasteiger partial charge in [-0.3, -0.25) is 4.79 Å². The van der Waals surface area contributed by atoms with Gasteiger partial charge in [0.2, 0.25) is 0 Å². The van der Waals surface area contributed by atoms with E-state index < -0.39 is 5.97 Å². The zero-order valence-electron chi connectivity index (χ0n) is 10.8. The van der Waals surface area contributed by atoms with Crippen LogP contribution in [0.2, 0.25) is 5.02 Å². The molecule has 0 saturated heterocycles. The number of carboxylic acid groups (broad SMARTS) is 1. The first-order valence-corrected chi connectivity index (χ1v) is 6.15. The van der Waals surface area contributed by atoms with Gasteiger partial charge in [-0.1, -0.05) is 17.7 Å². The summed E-state index contributed by atoms with van der Waals surface area (Å²) in [5.74, 6) is -0.121. The minimum absolute atomic E-state index is 0.0110. The number of aliphatic carboxylic acids is 1. The molecule has 0 aromatic heterocycles. The Kier molecular flexibility index (Phi) is 5.23. The van der Waals surface area contributed by atoms with Gasteiger partial charge in [0.05, 0.1) is 13.0 Å². The molecule has 0 aliphatic rings. The van der Waals surface area contributed by atoms with E-state index in [4.69, 9.17) is 21.4 Å². The first kappa shape index (κ1) is 14.6. The molecule has 1 N–H and O–H groups in total. The van der Waals surface area contributed by atoms with E-state index in [1.165, 1.54) is 0 Å². The second-order valence-electron chi connectivity index (χ2n) is 4.02. The van der Waals surface area contributed by atoms with E-state index in [9.17, 15) is 4.79 Å². The van der Waals surface area contributed by atoms with Crippen LogP contribution in [0.25, 0.3) is 5.57 Å². The molecule has 3 nitrogen and oxygen atoms in total. The largest absolute Gasteiger partial charge is 0.493 e. The molecular formula is C14H17ClO3. The summed E-state index contributed by atoms with van der Waals surface area (Å²) in [6.07, 6.45) is 1.65. The molecule has 98 valence electrons. The van der Waals surface area contributed by atoms with Crippen molar-refractivity contribution in [3.8, 4) is 5.75 Å². The Balaban J connectivity index is 3.16. The normalized spacial score (nSPS) is 11.4.